The fraction of sp³-hybridized carbons (Fsp3) is 0.100. The van der Waals surface area contributed by atoms with Gasteiger partial charge in [0.15, 0.2) is 5.84 Å². The maximum atomic E-state index is 7.17. The van der Waals surface area contributed by atoms with Gasteiger partial charge < -0.3 is 5.73 Å². The molecule has 6 heteroatoms. The highest BCUT2D eigenvalue weighted by atomic mass is 35.5. The summed E-state index contributed by atoms with van der Waals surface area (Å²) in [7, 11) is 0. The number of nitrogens with zero attached hydrogens (tertiary/aromatic N) is 3. The summed E-state index contributed by atoms with van der Waals surface area (Å²) in [4.78, 5) is 3.91. The minimum absolute atomic E-state index is 0. The fourth-order valence-electron chi connectivity index (χ4n) is 1.26. The van der Waals surface area contributed by atoms with E-state index in [0.717, 1.165) is 5.56 Å². The Labute approximate surface area is 99.2 Å². The first-order valence-corrected chi connectivity index (χ1v) is 4.53. The van der Waals surface area contributed by atoms with Crippen LogP contribution in [0.2, 0.25) is 0 Å². The zero-order valence-corrected chi connectivity index (χ0v) is 9.31. The Morgan fingerprint density at radius 1 is 1.31 bits per heavy atom. The van der Waals surface area contributed by atoms with Crippen LogP contribution >= 0.6 is 12.4 Å². The van der Waals surface area contributed by atoms with Crippen LogP contribution in [0.25, 0.3) is 0 Å². The summed E-state index contributed by atoms with van der Waals surface area (Å²) < 4.78 is 1.66. The number of hydrogen-bond donors (Lipinski definition) is 2. The van der Waals surface area contributed by atoms with Crippen molar-refractivity contribution in [3.8, 4) is 0 Å². The van der Waals surface area contributed by atoms with Gasteiger partial charge in [-0.2, -0.15) is 0 Å². The van der Waals surface area contributed by atoms with Gasteiger partial charge in [0, 0.05) is 0 Å². The molecule has 5 nitrogen and oxygen atoms in total. The molecule has 84 valence electrons. The number of nitrogen functional groups attached to an aromatic ring is 1. The maximum Gasteiger partial charge on any atom is 0.215 e. The normalized spacial score (nSPS) is 9.50. The van der Waals surface area contributed by atoms with Gasteiger partial charge in [0.2, 0.25) is 5.82 Å². The number of hydrogen-bond acceptors (Lipinski definition) is 3. The second kappa shape index (κ2) is 5.27. The van der Waals surface area contributed by atoms with Crippen molar-refractivity contribution in [2.75, 3.05) is 0 Å². The molecule has 0 atom stereocenters. The topological polar surface area (TPSA) is 80.6 Å². The number of rotatable bonds is 3. The summed E-state index contributed by atoms with van der Waals surface area (Å²) in [6.07, 6.45) is 1.57. The predicted molar refractivity (Wildman–Crippen MR) is 63.8 cm³/mol. The number of benzene rings is 1. The molecular weight excluding hydrogens is 226 g/mol. The number of halogens is 1. The van der Waals surface area contributed by atoms with Crippen LogP contribution in [0, 0.1) is 5.41 Å². The minimum atomic E-state index is -0.109. The van der Waals surface area contributed by atoms with Crippen LogP contribution < -0.4 is 5.73 Å². The minimum Gasteiger partial charge on any atom is -0.381 e. The van der Waals surface area contributed by atoms with Crippen molar-refractivity contribution in [3.05, 3.63) is 48.0 Å². The van der Waals surface area contributed by atoms with Crippen LogP contribution in [-0.2, 0) is 6.54 Å². The van der Waals surface area contributed by atoms with Crippen molar-refractivity contribution >= 4 is 18.2 Å². The third-order valence-electron chi connectivity index (χ3n) is 1.96. The number of nitrogens with one attached hydrogen (secondary N) is 1. The first-order valence-electron chi connectivity index (χ1n) is 4.53. The van der Waals surface area contributed by atoms with E-state index in [1.807, 2.05) is 30.3 Å². The molecule has 0 radical (unpaired) electrons. The first kappa shape index (κ1) is 12.2. The Morgan fingerprint density at radius 3 is 2.56 bits per heavy atom. The van der Waals surface area contributed by atoms with Crippen LogP contribution in [-0.4, -0.2) is 20.6 Å². The van der Waals surface area contributed by atoms with Crippen LogP contribution in [0.4, 0.5) is 0 Å². The van der Waals surface area contributed by atoms with E-state index in [-0.39, 0.29) is 24.1 Å². The van der Waals surface area contributed by atoms with Crippen molar-refractivity contribution < 1.29 is 0 Å². The van der Waals surface area contributed by atoms with E-state index in [4.69, 9.17) is 11.1 Å². The van der Waals surface area contributed by atoms with E-state index in [9.17, 15) is 0 Å². The lowest BCUT2D eigenvalue weighted by Gasteiger charge is -1.99. The van der Waals surface area contributed by atoms with Gasteiger partial charge in [0.25, 0.3) is 0 Å². The smallest absolute Gasteiger partial charge is 0.215 e. The summed E-state index contributed by atoms with van der Waals surface area (Å²) in [5, 5.41) is 11.2. The van der Waals surface area contributed by atoms with Crippen LogP contribution in [0.5, 0.6) is 0 Å². The van der Waals surface area contributed by atoms with Crippen molar-refractivity contribution in [3.63, 3.8) is 0 Å². The summed E-state index contributed by atoms with van der Waals surface area (Å²) >= 11 is 0. The highest BCUT2D eigenvalue weighted by molar-refractivity contribution is 5.90. The summed E-state index contributed by atoms with van der Waals surface area (Å²) in [5.41, 5.74) is 6.40. The van der Waals surface area contributed by atoms with E-state index in [2.05, 4.69) is 10.1 Å². The molecule has 0 bridgehead atoms. The molecule has 1 aromatic heterocycles. The van der Waals surface area contributed by atoms with Gasteiger partial charge >= 0.3 is 0 Å². The van der Waals surface area contributed by atoms with E-state index in [0.29, 0.717) is 6.54 Å². The van der Waals surface area contributed by atoms with Crippen molar-refractivity contribution in [2.45, 2.75) is 6.54 Å². The molecule has 0 aliphatic heterocycles. The van der Waals surface area contributed by atoms with Gasteiger partial charge in [-0.05, 0) is 5.56 Å². The molecule has 0 saturated heterocycles. The molecule has 16 heavy (non-hydrogen) atoms. The molecule has 1 heterocycles. The quantitative estimate of drug-likeness (QED) is 0.618. The summed E-state index contributed by atoms with van der Waals surface area (Å²) in [6.45, 7) is 0.640. The highest BCUT2D eigenvalue weighted by Gasteiger charge is 2.03. The van der Waals surface area contributed by atoms with Crippen LogP contribution in [0.1, 0.15) is 11.4 Å². The second-order valence-corrected chi connectivity index (χ2v) is 3.17. The molecule has 1 aromatic carbocycles. The SMILES string of the molecule is Cl.N=C(N)c1ncn(Cc2ccccc2)n1. The van der Waals surface area contributed by atoms with Gasteiger partial charge in [0.1, 0.15) is 6.33 Å². The lowest BCUT2D eigenvalue weighted by atomic mass is 10.2. The Morgan fingerprint density at radius 2 is 2.00 bits per heavy atom. The number of aromatic nitrogens is 3. The van der Waals surface area contributed by atoms with Crippen LogP contribution in [0.15, 0.2) is 36.7 Å². The van der Waals surface area contributed by atoms with Gasteiger partial charge in [-0.1, -0.05) is 30.3 Å². The largest absolute Gasteiger partial charge is 0.381 e. The van der Waals surface area contributed by atoms with Crippen molar-refractivity contribution in [1.82, 2.24) is 14.8 Å². The van der Waals surface area contributed by atoms with E-state index in [1.54, 1.807) is 11.0 Å². The van der Waals surface area contributed by atoms with Crippen LogP contribution in [0.3, 0.4) is 0 Å². The Bertz CT molecular complexity index is 465. The second-order valence-electron chi connectivity index (χ2n) is 3.17. The molecule has 3 N–H and O–H groups in total. The molecule has 0 aliphatic rings. The average Bonchev–Trinajstić information content (AvgIpc) is 2.68. The molecule has 0 saturated carbocycles. The highest BCUT2D eigenvalue weighted by Crippen LogP contribution is 2.00. The van der Waals surface area contributed by atoms with Gasteiger partial charge in [-0.15, -0.1) is 17.5 Å². The molecular formula is C10H12ClN5. The van der Waals surface area contributed by atoms with E-state index < -0.39 is 0 Å². The van der Waals surface area contributed by atoms with E-state index >= 15 is 0 Å². The molecule has 2 aromatic rings. The summed E-state index contributed by atoms with van der Waals surface area (Å²) in [5.74, 6) is 0.160. The lowest BCUT2D eigenvalue weighted by Crippen LogP contribution is -2.14. The van der Waals surface area contributed by atoms with Crippen molar-refractivity contribution in [1.29, 1.82) is 5.41 Å². The van der Waals surface area contributed by atoms with Gasteiger partial charge in [-0.3, -0.25) is 5.41 Å². The van der Waals surface area contributed by atoms with Gasteiger partial charge in [0.05, 0.1) is 6.54 Å². The monoisotopic (exact) mass is 237 g/mol. The molecule has 0 amide bonds. The number of amidine groups is 1. The average molecular weight is 238 g/mol. The Kier molecular flexibility index (Phi) is 4.02. The number of nitrogens with two attached hydrogens (primary N) is 1. The standard InChI is InChI=1S/C10H11N5.ClH/c11-9(12)10-13-7-15(14-10)6-8-4-2-1-3-5-8;/h1-5,7H,6H2,(H3,11,12);1H. The van der Waals surface area contributed by atoms with E-state index in [1.165, 1.54) is 0 Å². The fourth-order valence-corrected chi connectivity index (χ4v) is 1.26. The molecule has 2 rings (SSSR count). The Hall–Kier alpha value is -1.88. The lowest BCUT2D eigenvalue weighted by molar-refractivity contribution is 0.683. The molecule has 0 aliphatic carbocycles. The van der Waals surface area contributed by atoms with Crippen molar-refractivity contribution in [2.24, 2.45) is 5.73 Å². The molecule has 0 unspecified atom stereocenters. The molecule has 0 spiro atoms. The summed E-state index contributed by atoms with van der Waals surface area (Å²) in [6, 6.07) is 9.92. The third kappa shape index (κ3) is 2.80. The molecule has 0 fully saturated rings. The first-order chi connectivity index (χ1) is 7.25. The zero-order chi connectivity index (χ0) is 10.7. The predicted octanol–water partition coefficient (Wildman–Crippen LogP) is 1.03. The maximum absolute atomic E-state index is 7.17. The zero-order valence-electron chi connectivity index (χ0n) is 8.50. The van der Waals surface area contributed by atoms with Gasteiger partial charge in [-0.25, -0.2) is 9.67 Å². The Balaban J connectivity index is 0.00000128. The third-order valence-corrected chi connectivity index (χ3v) is 1.96.